The zero-order valence-electron chi connectivity index (χ0n) is 21.0. The molecule has 0 saturated carbocycles. The van der Waals surface area contributed by atoms with Crippen molar-refractivity contribution >= 4 is 38.3 Å². The predicted molar refractivity (Wildman–Crippen MR) is 144 cm³/mol. The summed E-state index contributed by atoms with van der Waals surface area (Å²) in [5, 5.41) is 4.83. The molecular weight excluding hydrogens is 456 g/mol. The summed E-state index contributed by atoms with van der Waals surface area (Å²) in [7, 11) is 1.81. The number of thiazole rings is 1. The summed E-state index contributed by atoms with van der Waals surface area (Å²) < 4.78 is 4.74. The minimum atomic E-state index is -0.0127. The smallest absolute Gasteiger partial charge is 0.252 e. The first-order valence-corrected chi connectivity index (χ1v) is 13.1. The van der Waals surface area contributed by atoms with Gasteiger partial charge in [-0.15, -0.1) is 17.3 Å². The van der Waals surface area contributed by atoms with Crippen molar-refractivity contribution in [2.45, 2.75) is 58.8 Å². The monoisotopic (exact) mass is 488 g/mol. The van der Waals surface area contributed by atoms with Gasteiger partial charge in [0.2, 0.25) is 0 Å². The van der Waals surface area contributed by atoms with Crippen LogP contribution >= 0.6 is 11.3 Å². The SMILES string of the molecule is CC#CCn1cc2c(n1)c(N1C[C@@H](CC)N(C(C)c3ccc4scnc4c3)C[C@@H]1C)cc(=O)n2C. The van der Waals surface area contributed by atoms with Gasteiger partial charge in [-0.05, 0) is 44.9 Å². The normalized spacial score (nSPS) is 19.7. The number of pyridine rings is 1. The van der Waals surface area contributed by atoms with E-state index in [1.165, 1.54) is 10.3 Å². The number of aryl methyl sites for hydroxylation is 1. The lowest BCUT2D eigenvalue weighted by Gasteiger charge is -2.48. The lowest BCUT2D eigenvalue weighted by molar-refractivity contribution is 0.106. The van der Waals surface area contributed by atoms with Crippen LogP contribution in [0, 0.1) is 11.8 Å². The van der Waals surface area contributed by atoms with Gasteiger partial charge in [-0.25, -0.2) is 4.98 Å². The molecule has 0 N–H and O–H groups in total. The van der Waals surface area contributed by atoms with Gasteiger partial charge < -0.3 is 9.47 Å². The molecule has 0 bridgehead atoms. The van der Waals surface area contributed by atoms with Gasteiger partial charge in [0, 0.05) is 44.3 Å². The number of rotatable bonds is 5. The van der Waals surface area contributed by atoms with E-state index in [4.69, 9.17) is 5.10 Å². The Bertz CT molecular complexity index is 1490. The molecule has 1 unspecified atom stereocenters. The minimum Gasteiger partial charge on any atom is -0.364 e. The lowest BCUT2D eigenvalue weighted by atomic mass is 9.98. The molecule has 8 heteroatoms. The molecule has 35 heavy (non-hydrogen) atoms. The summed E-state index contributed by atoms with van der Waals surface area (Å²) >= 11 is 1.68. The Morgan fingerprint density at radius 2 is 2.09 bits per heavy atom. The molecular formula is C27H32N6OS. The van der Waals surface area contributed by atoms with Crippen LogP contribution in [-0.2, 0) is 13.6 Å². The average molecular weight is 489 g/mol. The lowest BCUT2D eigenvalue weighted by Crippen LogP contribution is -2.58. The molecule has 3 aromatic heterocycles. The van der Waals surface area contributed by atoms with Gasteiger partial charge in [-0.3, -0.25) is 14.4 Å². The predicted octanol–water partition coefficient (Wildman–Crippen LogP) is 4.42. The molecule has 4 aromatic rings. The van der Waals surface area contributed by atoms with Gasteiger partial charge >= 0.3 is 0 Å². The summed E-state index contributed by atoms with van der Waals surface area (Å²) in [5.41, 5.74) is 6.91. The second-order valence-electron chi connectivity index (χ2n) is 9.43. The van der Waals surface area contributed by atoms with Crippen LogP contribution in [0.5, 0.6) is 0 Å². The van der Waals surface area contributed by atoms with E-state index in [1.54, 1.807) is 22.0 Å². The zero-order chi connectivity index (χ0) is 24.7. The Labute approximate surface area is 210 Å². The summed E-state index contributed by atoms with van der Waals surface area (Å²) in [5.74, 6) is 5.99. The first kappa shape index (κ1) is 23.6. The van der Waals surface area contributed by atoms with Crippen molar-refractivity contribution in [2.75, 3.05) is 18.0 Å². The topological polar surface area (TPSA) is 59.2 Å². The maximum Gasteiger partial charge on any atom is 0.252 e. The first-order chi connectivity index (χ1) is 16.9. The molecule has 1 fully saturated rings. The Balaban J connectivity index is 1.48. The number of nitrogens with zero attached hydrogens (tertiary/aromatic N) is 6. The van der Waals surface area contributed by atoms with E-state index in [2.05, 4.69) is 65.6 Å². The Kier molecular flexibility index (Phi) is 6.39. The summed E-state index contributed by atoms with van der Waals surface area (Å²) in [6.07, 6.45) is 2.96. The fourth-order valence-electron chi connectivity index (χ4n) is 5.26. The summed E-state index contributed by atoms with van der Waals surface area (Å²) in [4.78, 5) is 22.4. The van der Waals surface area contributed by atoms with E-state index in [-0.39, 0.29) is 17.6 Å². The molecule has 4 heterocycles. The fraction of sp³-hybridized carbons (Fsp3) is 0.444. The minimum absolute atomic E-state index is 0.0127. The van der Waals surface area contributed by atoms with E-state index < -0.39 is 0 Å². The summed E-state index contributed by atoms with van der Waals surface area (Å²) in [6, 6.07) is 9.30. The quantitative estimate of drug-likeness (QED) is 0.389. The van der Waals surface area contributed by atoms with E-state index in [0.717, 1.165) is 41.7 Å². The van der Waals surface area contributed by atoms with Gasteiger partial charge in [0.25, 0.3) is 5.56 Å². The number of hydrogen-bond acceptors (Lipinski definition) is 6. The van der Waals surface area contributed by atoms with Gasteiger partial charge in [-0.1, -0.05) is 18.9 Å². The molecule has 3 atom stereocenters. The third kappa shape index (κ3) is 4.24. The van der Waals surface area contributed by atoms with E-state index >= 15 is 0 Å². The van der Waals surface area contributed by atoms with Crippen LogP contribution in [0.25, 0.3) is 21.3 Å². The number of piperazine rings is 1. The average Bonchev–Trinajstić information content (AvgIpc) is 3.51. The number of aromatic nitrogens is 4. The largest absolute Gasteiger partial charge is 0.364 e. The Morgan fingerprint density at radius 1 is 1.26 bits per heavy atom. The van der Waals surface area contributed by atoms with Crippen LogP contribution in [0.1, 0.15) is 45.7 Å². The maximum absolute atomic E-state index is 12.9. The molecule has 0 spiro atoms. The van der Waals surface area contributed by atoms with Crippen molar-refractivity contribution in [2.24, 2.45) is 7.05 Å². The molecule has 182 valence electrons. The third-order valence-electron chi connectivity index (χ3n) is 7.35. The molecule has 0 radical (unpaired) electrons. The highest BCUT2D eigenvalue weighted by Crippen LogP contribution is 2.34. The van der Waals surface area contributed by atoms with Crippen molar-refractivity contribution in [3.8, 4) is 11.8 Å². The standard InChI is InChI=1S/C27H32N6OS/c1-6-8-11-31-16-24-27(29-31)23(13-26(34)30(24)5)32-15-21(7-2)33(14-18(32)3)19(4)20-9-10-25-22(12-20)28-17-35-25/h9-10,12-13,16-19,21H,7,11,14-15H2,1-5H3/t18-,19?,21+/m0/s1. The van der Waals surface area contributed by atoms with Crippen molar-refractivity contribution in [1.82, 2.24) is 24.2 Å². The highest BCUT2D eigenvalue weighted by atomic mass is 32.1. The second kappa shape index (κ2) is 9.48. The molecule has 0 aliphatic carbocycles. The highest BCUT2D eigenvalue weighted by Gasteiger charge is 2.35. The van der Waals surface area contributed by atoms with Crippen LogP contribution in [0.15, 0.2) is 40.8 Å². The van der Waals surface area contributed by atoms with Crippen LogP contribution in [0.3, 0.4) is 0 Å². The highest BCUT2D eigenvalue weighted by molar-refractivity contribution is 7.16. The van der Waals surface area contributed by atoms with Crippen LogP contribution in [0.2, 0.25) is 0 Å². The molecule has 1 saturated heterocycles. The van der Waals surface area contributed by atoms with Crippen molar-refractivity contribution in [3.05, 3.63) is 51.9 Å². The Morgan fingerprint density at radius 3 is 2.86 bits per heavy atom. The van der Waals surface area contributed by atoms with Crippen LogP contribution in [0.4, 0.5) is 5.69 Å². The van der Waals surface area contributed by atoms with Crippen LogP contribution < -0.4 is 10.5 Å². The third-order valence-corrected chi connectivity index (χ3v) is 8.16. The maximum atomic E-state index is 12.9. The number of anilines is 1. The zero-order valence-corrected chi connectivity index (χ0v) is 21.8. The van der Waals surface area contributed by atoms with Crippen molar-refractivity contribution < 1.29 is 0 Å². The van der Waals surface area contributed by atoms with E-state index in [0.29, 0.717) is 12.6 Å². The molecule has 1 aromatic carbocycles. The van der Waals surface area contributed by atoms with Gasteiger partial charge in [0.15, 0.2) is 0 Å². The number of hydrogen-bond donors (Lipinski definition) is 0. The number of benzene rings is 1. The summed E-state index contributed by atoms with van der Waals surface area (Å²) in [6.45, 7) is 10.9. The van der Waals surface area contributed by atoms with Crippen LogP contribution in [-0.4, -0.2) is 49.4 Å². The van der Waals surface area contributed by atoms with E-state index in [1.807, 2.05) is 30.4 Å². The molecule has 1 aliphatic heterocycles. The van der Waals surface area contributed by atoms with Gasteiger partial charge in [-0.2, -0.15) is 5.10 Å². The van der Waals surface area contributed by atoms with Gasteiger partial charge in [0.1, 0.15) is 12.1 Å². The molecule has 0 amide bonds. The fourth-order valence-corrected chi connectivity index (χ4v) is 5.92. The number of fused-ring (bicyclic) bond motifs is 2. The Hall–Kier alpha value is -3.15. The van der Waals surface area contributed by atoms with Gasteiger partial charge in [0.05, 0.1) is 33.1 Å². The molecule has 1 aliphatic rings. The van der Waals surface area contributed by atoms with Crippen molar-refractivity contribution in [3.63, 3.8) is 0 Å². The second-order valence-corrected chi connectivity index (χ2v) is 10.3. The first-order valence-electron chi connectivity index (χ1n) is 12.2. The van der Waals surface area contributed by atoms with E-state index in [9.17, 15) is 4.79 Å². The molecule has 7 nitrogen and oxygen atoms in total. The van der Waals surface area contributed by atoms with Crippen molar-refractivity contribution in [1.29, 1.82) is 0 Å². The molecule has 5 rings (SSSR count).